The van der Waals surface area contributed by atoms with Gasteiger partial charge in [0.15, 0.2) is 11.7 Å². The second kappa shape index (κ2) is 8.82. The van der Waals surface area contributed by atoms with E-state index in [1.807, 2.05) is 36.6 Å². The fourth-order valence-corrected chi connectivity index (χ4v) is 3.50. The average molecular weight is 429 g/mol. The largest absolute Gasteiger partial charge is 0.454 e. The molecule has 0 aliphatic rings. The van der Waals surface area contributed by atoms with E-state index in [1.54, 1.807) is 0 Å². The van der Waals surface area contributed by atoms with E-state index >= 15 is 0 Å². The Morgan fingerprint density at radius 3 is 2.57 bits per heavy atom. The van der Waals surface area contributed by atoms with Crippen LogP contribution < -0.4 is 5.32 Å². The zero-order chi connectivity index (χ0) is 21.8. The maximum absolute atomic E-state index is 12.0. The topological polar surface area (TPSA) is 129 Å². The molecule has 156 valence electrons. The van der Waals surface area contributed by atoms with Gasteiger partial charge in [0.1, 0.15) is 17.9 Å². The minimum Gasteiger partial charge on any atom is -0.454 e. The van der Waals surface area contributed by atoms with Crippen LogP contribution in [0.3, 0.4) is 0 Å². The molecule has 0 aliphatic carbocycles. The molecule has 0 atom stereocenters. The van der Waals surface area contributed by atoms with Crippen LogP contribution in [0.5, 0.6) is 0 Å². The Bertz CT molecular complexity index is 1100. The van der Waals surface area contributed by atoms with Gasteiger partial charge in [-0.3, -0.25) is 29.7 Å². The first-order valence-electron chi connectivity index (χ1n) is 8.91. The lowest BCUT2D eigenvalue weighted by Gasteiger charge is -2.06. The molecule has 0 aliphatic heterocycles. The van der Waals surface area contributed by atoms with Crippen LogP contribution in [-0.2, 0) is 20.9 Å². The Morgan fingerprint density at radius 1 is 1.23 bits per heavy atom. The minimum absolute atomic E-state index is 0.145. The molecule has 0 bridgehead atoms. The van der Waals surface area contributed by atoms with Crippen LogP contribution >= 0.6 is 11.3 Å². The van der Waals surface area contributed by atoms with E-state index < -0.39 is 23.4 Å². The summed E-state index contributed by atoms with van der Waals surface area (Å²) in [5, 5.41) is 19.8. The molecule has 0 spiro atoms. The second-order valence-electron chi connectivity index (χ2n) is 6.55. The van der Waals surface area contributed by atoms with Gasteiger partial charge >= 0.3 is 11.7 Å². The fourth-order valence-electron chi connectivity index (χ4n) is 2.76. The molecule has 1 aromatic carbocycles. The lowest BCUT2D eigenvalue weighted by Crippen LogP contribution is -2.23. The summed E-state index contributed by atoms with van der Waals surface area (Å²) in [5.74, 6) is -1.27. The van der Waals surface area contributed by atoms with Crippen molar-refractivity contribution >= 4 is 34.0 Å². The third kappa shape index (κ3) is 4.87. The molecule has 3 rings (SSSR count). The molecular weight excluding hydrogens is 410 g/mol. The molecule has 0 fully saturated rings. The maximum atomic E-state index is 12.0. The number of thiazole rings is 1. The van der Waals surface area contributed by atoms with E-state index in [0.29, 0.717) is 5.13 Å². The molecule has 0 saturated heterocycles. The Balaban J connectivity index is 1.52. The molecule has 1 amide bonds. The van der Waals surface area contributed by atoms with Crippen LogP contribution in [-0.4, -0.2) is 38.2 Å². The van der Waals surface area contributed by atoms with Crippen molar-refractivity contribution in [3.05, 3.63) is 56.7 Å². The predicted molar refractivity (Wildman–Crippen MR) is 110 cm³/mol. The van der Waals surface area contributed by atoms with E-state index in [0.717, 1.165) is 16.8 Å². The number of benzene rings is 1. The van der Waals surface area contributed by atoms with Crippen molar-refractivity contribution in [3.8, 4) is 11.3 Å². The third-order valence-corrected chi connectivity index (χ3v) is 5.02. The van der Waals surface area contributed by atoms with Crippen molar-refractivity contribution in [2.75, 3.05) is 11.9 Å². The number of amides is 1. The highest BCUT2D eigenvalue weighted by molar-refractivity contribution is 7.14. The van der Waals surface area contributed by atoms with Gasteiger partial charge in [0.05, 0.1) is 10.6 Å². The zero-order valence-corrected chi connectivity index (χ0v) is 17.4. The van der Waals surface area contributed by atoms with Gasteiger partial charge in [-0.05, 0) is 20.8 Å². The Labute approximate surface area is 175 Å². The number of hydrogen-bond donors (Lipinski definition) is 1. The van der Waals surface area contributed by atoms with Gasteiger partial charge in [0.2, 0.25) is 0 Å². The van der Waals surface area contributed by atoms with Crippen molar-refractivity contribution in [2.24, 2.45) is 0 Å². The zero-order valence-electron chi connectivity index (χ0n) is 16.5. The molecule has 2 aromatic heterocycles. The molecule has 0 saturated carbocycles. The number of nitrogens with zero attached hydrogens (tertiary/aromatic N) is 4. The first-order valence-corrected chi connectivity index (χ1v) is 9.79. The monoisotopic (exact) mass is 429 g/mol. The van der Waals surface area contributed by atoms with Crippen LogP contribution in [0.2, 0.25) is 0 Å². The maximum Gasteiger partial charge on any atom is 0.328 e. The van der Waals surface area contributed by atoms with Gasteiger partial charge < -0.3 is 4.74 Å². The highest BCUT2D eigenvalue weighted by atomic mass is 32.1. The lowest BCUT2D eigenvalue weighted by atomic mass is 10.1. The van der Waals surface area contributed by atoms with E-state index in [4.69, 9.17) is 4.74 Å². The molecule has 11 heteroatoms. The molecule has 10 nitrogen and oxygen atoms in total. The summed E-state index contributed by atoms with van der Waals surface area (Å²) in [5.41, 5.74) is 3.11. The first-order chi connectivity index (χ1) is 14.2. The molecule has 2 heterocycles. The summed E-state index contributed by atoms with van der Waals surface area (Å²) >= 11 is 1.26. The van der Waals surface area contributed by atoms with E-state index in [9.17, 15) is 19.7 Å². The molecule has 1 N–H and O–H groups in total. The summed E-state index contributed by atoms with van der Waals surface area (Å²) in [6.07, 6.45) is 0. The molecule has 0 unspecified atom stereocenters. The molecular formula is C19H19N5O5S. The highest BCUT2D eigenvalue weighted by Gasteiger charge is 2.23. The number of anilines is 1. The average Bonchev–Trinajstić information content (AvgIpc) is 3.25. The van der Waals surface area contributed by atoms with Crippen LogP contribution in [0.25, 0.3) is 11.3 Å². The quantitative estimate of drug-likeness (QED) is 0.347. The number of nitrogens with one attached hydrogen (secondary N) is 1. The van der Waals surface area contributed by atoms with E-state index in [2.05, 4.69) is 15.4 Å². The highest BCUT2D eigenvalue weighted by Crippen LogP contribution is 2.25. The lowest BCUT2D eigenvalue weighted by molar-refractivity contribution is -0.386. The number of carbonyl (C=O) groups is 2. The standard InChI is InChI=1S/C19H19N5O5S/c1-11-4-6-14(7-5-11)15-10-30-19(20-15)21-16(25)9-29-17(26)8-23-13(3)18(24(27)28)12(2)22-23/h4-7,10H,8-9H2,1-3H3,(H,20,21,25). The van der Waals surface area contributed by atoms with Crippen molar-refractivity contribution < 1.29 is 19.2 Å². The number of aromatic nitrogens is 3. The van der Waals surface area contributed by atoms with Gasteiger partial charge in [0.25, 0.3) is 5.91 Å². The number of ether oxygens (including phenoxy) is 1. The van der Waals surface area contributed by atoms with Crippen LogP contribution in [0.4, 0.5) is 10.8 Å². The van der Waals surface area contributed by atoms with Crippen molar-refractivity contribution in [3.63, 3.8) is 0 Å². The van der Waals surface area contributed by atoms with Crippen LogP contribution in [0.15, 0.2) is 29.6 Å². The van der Waals surface area contributed by atoms with Crippen molar-refractivity contribution in [1.82, 2.24) is 14.8 Å². The summed E-state index contributed by atoms with van der Waals surface area (Å²) < 4.78 is 6.13. The summed E-state index contributed by atoms with van der Waals surface area (Å²) in [7, 11) is 0. The summed E-state index contributed by atoms with van der Waals surface area (Å²) in [4.78, 5) is 38.8. The van der Waals surface area contributed by atoms with Gasteiger partial charge in [-0.2, -0.15) is 5.10 Å². The Kier molecular flexibility index (Phi) is 6.21. The fraction of sp³-hybridized carbons (Fsp3) is 0.263. The van der Waals surface area contributed by atoms with Gasteiger partial charge in [0, 0.05) is 10.9 Å². The van der Waals surface area contributed by atoms with Crippen LogP contribution in [0, 0.1) is 30.9 Å². The van der Waals surface area contributed by atoms with Gasteiger partial charge in [-0.15, -0.1) is 11.3 Å². The second-order valence-corrected chi connectivity index (χ2v) is 7.41. The summed E-state index contributed by atoms with van der Waals surface area (Å²) in [6.45, 7) is 4.14. The van der Waals surface area contributed by atoms with Crippen molar-refractivity contribution in [2.45, 2.75) is 27.3 Å². The Morgan fingerprint density at radius 2 is 1.93 bits per heavy atom. The number of carbonyl (C=O) groups excluding carboxylic acids is 2. The van der Waals surface area contributed by atoms with E-state index in [1.165, 1.54) is 29.9 Å². The normalized spacial score (nSPS) is 10.6. The number of hydrogen-bond acceptors (Lipinski definition) is 8. The molecule has 30 heavy (non-hydrogen) atoms. The van der Waals surface area contributed by atoms with Crippen molar-refractivity contribution in [1.29, 1.82) is 0 Å². The Hall–Kier alpha value is -3.60. The molecule has 0 radical (unpaired) electrons. The number of nitro groups is 1. The number of rotatable bonds is 7. The van der Waals surface area contributed by atoms with Gasteiger partial charge in [-0.1, -0.05) is 29.8 Å². The van der Waals surface area contributed by atoms with Gasteiger partial charge in [-0.25, -0.2) is 4.98 Å². The number of esters is 1. The minimum atomic E-state index is -0.731. The van der Waals surface area contributed by atoms with Crippen LogP contribution in [0.1, 0.15) is 17.0 Å². The first kappa shape index (κ1) is 21.1. The summed E-state index contributed by atoms with van der Waals surface area (Å²) in [6, 6.07) is 7.84. The number of aryl methyl sites for hydroxylation is 2. The third-order valence-electron chi connectivity index (χ3n) is 4.27. The SMILES string of the molecule is Cc1ccc(-c2csc(NC(=O)COC(=O)Cn3nc(C)c([N+](=O)[O-])c3C)n2)cc1. The van der Waals surface area contributed by atoms with E-state index in [-0.39, 0.29) is 23.6 Å². The smallest absolute Gasteiger partial charge is 0.328 e. The molecule has 3 aromatic rings. The predicted octanol–water partition coefficient (Wildman–Crippen LogP) is 3.02.